The molecular weight excluding hydrogens is 426 g/mol. The van der Waals surface area contributed by atoms with Gasteiger partial charge in [0.15, 0.2) is 11.5 Å². The summed E-state index contributed by atoms with van der Waals surface area (Å²) in [6, 6.07) is -0.0212. The normalized spacial score (nSPS) is 33.9. The Bertz CT molecular complexity index is 954. The van der Waals surface area contributed by atoms with Crippen molar-refractivity contribution in [2.45, 2.75) is 37.4 Å². The molecule has 0 unspecified atom stereocenters. The van der Waals surface area contributed by atoms with Crippen molar-refractivity contribution in [1.29, 1.82) is 0 Å². The number of ketones is 1. The Kier molecular flexibility index (Phi) is 4.75. The zero-order valence-electron chi connectivity index (χ0n) is 18.0. The summed E-state index contributed by atoms with van der Waals surface area (Å²) in [6.07, 6.45) is -1.89. The maximum absolute atomic E-state index is 13.9. The summed E-state index contributed by atoms with van der Waals surface area (Å²) in [7, 11) is 1.52. The Balaban J connectivity index is 1.67. The highest BCUT2D eigenvalue weighted by atomic mass is 16.7. The zero-order chi connectivity index (χ0) is 22.8. The number of amides is 1. The van der Waals surface area contributed by atoms with Gasteiger partial charge in [-0.25, -0.2) is 9.59 Å². The molecule has 4 heterocycles. The van der Waals surface area contributed by atoms with Gasteiger partial charge in [-0.1, -0.05) is 0 Å². The third-order valence-corrected chi connectivity index (χ3v) is 6.76. The van der Waals surface area contributed by atoms with E-state index >= 15 is 0 Å². The van der Waals surface area contributed by atoms with Gasteiger partial charge in [0.2, 0.25) is 5.78 Å². The number of hydrogen-bond acceptors (Lipinski definition) is 11. The second-order valence-electron chi connectivity index (χ2n) is 8.14. The number of primary amides is 1. The van der Waals surface area contributed by atoms with E-state index in [1.807, 2.05) is 4.90 Å². The Labute approximate surface area is 183 Å². The number of carbonyl (C=O) groups excluding carboxylic acids is 3. The van der Waals surface area contributed by atoms with Gasteiger partial charge in [0, 0.05) is 30.8 Å². The van der Waals surface area contributed by atoms with E-state index in [0.717, 1.165) is 0 Å². The summed E-state index contributed by atoms with van der Waals surface area (Å²) in [5.41, 5.74) is 5.12. The van der Waals surface area contributed by atoms with Crippen molar-refractivity contribution >= 4 is 18.0 Å². The van der Waals surface area contributed by atoms with Gasteiger partial charge in [-0.3, -0.25) is 4.79 Å². The number of hydrogen-bond donors (Lipinski definition) is 2. The minimum atomic E-state index is -1.74. The van der Waals surface area contributed by atoms with E-state index in [4.69, 9.17) is 34.2 Å². The van der Waals surface area contributed by atoms with Gasteiger partial charge >= 0.3 is 12.2 Å². The van der Waals surface area contributed by atoms with E-state index in [1.165, 1.54) is 7.11 Å². The van der Waals surface area contributed by atoms with Crippen molar-refractivity contribution in [3.63, 3.8) is 0 Å². The first-order chi connectivity index (χ1) is 15.3. The molecule has 174 valence electrons. The van der Waals surface area contributed by atoms with Crippen LogP contribution in [0.15, 0.2) is 22.6 Å². The lowest BCUT2D eigenvalue weighted by Gasteiger charge is -2.40. The highest BCUT2D eigenvalue weighted by Crippen LogP contribution is 2.59. The molecule has 0 saturated carbocycles. The first-order valence-corrected chi connectivity index (χ1v) is 10.5. The summed E-state index contributed by atoms with van der Waals surface area (Å²) in [5.74, 6) is -2.80. The van der Waals surface area contributed by atoms with Crippen molar-refractivity contribution in [2.75, 3.05) is 40.1 Å². The molecule has 1 spiro atoms. The Morgan fingerprint density at radius 3 is 2.62 bits per heavy atom. The van der Waals surface area contributed by atoms with Crippen LogP contribution >= 0.6 is 0 Å². The number of nitrogens with zero attached hydrogens (tertiary/aromatic N) is 1. The predicted molar refractivity (Wildman–Crippen MR) is 104 cm³/mol. The lowest BCUT2D eigenvalue weighted by Crippen LogP contribution is -2.55. The molecule has 1 amide bonds. The largest absolute Gasteiger partial charge is 0.513 e. The molecule has 0 bridgehead atoms. The van der Waals surface area contributed by atoms with Gasteiger partial charge in [0.1, 0.15) is 6.61 Å². The molecule has 3 saturated heterocycles. The van der Waals surface area contributed by atoms with Crippen LogP contribution in [-0.4, -0.2) is 86.6 Å². The Morgan fingerprint density at radius 2 is 2.00 bits per heavy atom. The molecule has 1 aliphatic carbocycles. The third-order valence-electron chi connectivity index (χ3n) is 6.76. The fraction of sp³-hybridized carbons (Fsp3) is 0.650. The highest BCUT2D eigenvalue weighted by Gasteiger charge is 2.74. The monoisotopic (exact) mass is 451 g/mol. The minimum absolute atomic E-state index is 0.106. The average Bonchev–Trinajstić information content (AvgIpc) is 3.12. The smallest absolute Gasteiger partial charge is 0.449 e. The summed E-state index contributed by atoms with van der Waals surface area (Å²) in [6.45, 7) is 4.05. The van der Waals surface area contributed by atoms with Gasteiger partial charge in [0.25, 0.3) is 5.79 Å². The number of carbonyl (C=O) groups is 3. The maximum atomic E-state index is 13.9. The van der Waals surface area contributed by atoms with Crippen LogP contribution in [0.3, 0.4) is 0 Å². The fourth-order valence-electron chi connectivity index (χ4n) is 5.48. The molecule has 3 fully saturated rings. The van der Waals surface area contributed by atoms with E-state index in [0.29, 0.717) is 17.8 Å². The van der Waals surface area contributed by atoms with E-state index in [1.54, 1.807) is 13.8 Å². The van der Waals surface area contributed by atoms with Crippen LogP contribution in [0.25, 0.3) is 0 Å². The first kappa shape index (κ1) is 21.2. The second-order valence-corrected chi connectivity index (χ2v) is 8.14. The van der Waals surface area contributed by atoms with Crippen molar-refractivity contribution in [2.24, 2.45) is 11.7 Å². The lowest BCUT2D eigenvalue weighted by atomic mass is 9.80. The van der Waals surface area contributed by atoms with E-state index in [2.05, 4.69) is 5.32 Å². The minimum Gasteiger partial charge on any atom is -0.449 e. The number of methoxy groups -OCH3 is 1. The third kappa shape index (κ3) is 2.60. The molecule has 5 rings (SSSR count). The van der Waals surface area contributed by atoms with Crippen LogP contribution in [0, 0.1) is 5.92 Å². The number of ether oxygens (including phenoxy) is 6. The van der Waals surface area contributed by atoms with E-state index in [9.17, 15) is 14.4 Å². The van der Waals surface area contributed by atoms with Gasteiger partial charge in [0.05, 0.1) is 37.5 Å². The van der Waals surface area contributed by atoms with Gasteiger partial charge < -0.3 is 44.4 Å². The molecule has 12 nitrogen and oxygen atoms in total. The number of piperazine rings is 1. The summed E-state index contributed by atoms with van der Waals surface area (Å²) < 4.78 is 33.3. The van der Waals surface area contributed by atoms with Crippen LogP contribution in [0.1, 0.15) is 13.8 Å². The zero-order valence-corrected chi connectivity index (χ0v) is 18.0. The Morgan fingerprint density at radius 1 is 1.28 bits per heavy atom. The van der Waals surface area contributed by atoms with Crippen molar-refractivity contribution < 1.29 is 42.8 Å². The SMILES string of the molecule is CCOC(=O)OC1=C(C)C2(OCCO2)C(=O)C2=C1N1C[C@@H]3N[C@@H]3[C@]1(OC)[C@@H]2COC(N)=O. The topological polar surface area (TPSA) is 158 Å². The van der Waals surface area contributed by atoms with Gasteiger partial charge in [-0.15, -0.1) is 0 Å². The second kappa shape index (κ2) is 7.17. The lowest BCUT2D eigenvalue weighted by molar-refractivity contribution is -0.166. The van der Waals surface area contributed by atoms with Crippen molar-refractivity contribution in [3.8, 4) is 0 Å². The first-order valence-electron chi connectivity index (χ1n) is 10.5. The molecule has 32 heavy (non-hydrogen) atoms. The van der Waals surface area contributed by atoms with Crippen LogP contribution < -0.4 is 11.1 Å². The van der Waals surface area contributed by atoms with Crippen molar-refractivity contribution in [3.05, 3.63) is 22.6 Å². The summed E-state index contributed by atoms with van der Waals surface area (Å²) >= 11 is 0. The molecule has 0 aromatic heterocycles. The van der Waals surface area contributed by atoms with Crippen LogP contribution in [-0.2, 0) is 33.2 Å². The molecule has 5 aliphatic rings. The number of Topliss-reactive ketones (excluding diaryl/α,β-unsaturated/α-hetero) is 1. The van der Waals surface area contributed by atoms with Gasteiger partial charge in [-0.2, -0.15) is 0 Å². The Hall–Kier alpha value is -2.67. The van der Waals surface area contributed by atoms with Crippen LogP contribution in [0.2, 0.25) is 0 Å². The maximum Gasteiger partial charge on any atom is 0.513 e. The number of nitrogens with one attached hydrogen (secondary N) is 1. The predicted octanol–water partition coefficient (Wildman–Crippen LogP) is -0.263. The van der Waals surface area contributed by atoms with E-state index < -0.39 is 35.5 Å². The standard InChI is InChI=1S/C20H25N3O9/c1-4-28-18(26)32-14-9(2)20(30-5-6-31-20)16(24)12-10(8-29-17(21)25)19(27-3)15-11(22-15)7-23(19)13(12)14/h10-11,15,22H,4-8H2,1-3H3,(H2,21,25)/t10-,11+,15+,19-/m1/s1. The van der Waals surface area contributed by atoms with Crippen molar-refractivity contribution in [1.82, 2.24) is 10.2 Å². The molecule has 4 atom stereocenters. The summed E-state index contributed by atoms with van der Waals surface area (Å²) in [4.78, 5) is 39.5. The molecule has 3 N–H and O–H groups in total. The highest BCUT2D eigenvalue weighted by molar-refractivity contribution is 6.07. The molecule has 0 radical (unpaired) electrons. The molecule has 0 aromatic rings. The molecule has 0 aromatic carbocycles. The average molecular weight is 451 g/mol. The number of rotatable bonds is 5. The van der Waals surface area contributed by atoms with Crippen LogP contribution in [0.5, 0.6) is 0 Å². The molecule has 12 heteroatoms. The summed E-state index contributed by atoms with van der Waals surface area (Å²) in [5, 5.41) is 3.33. The fourth-order valence-corrected chi connectivity index (χ4v) is 5.48. The van der Waals surface area contributed by atoms with E-state index in [-0.39, 0.29) is 49.8 Å². The number of nitrogens with two attached hydrogens (primary N) is 1. The van der Waals surface area contributed by atoms with Crippen LogP contribution in [0.4, 0.5) is 9.59 Å². The quantitative estimate of drug-likeness (QED) is 0.419. The molecular formula is C20H25N3O9. The number of fused-ring (bicyclic) bond motifs is 4. The molecule has 4 aliphatic heterocycles. The van der Waals surface area contributed by atoms with Gasteiger partial charge in [-0.05, 0) is 13.8 Å².